The van der Waals surface area contributed by atoms with Crippen molar-refractivity contribution in [2.45, 2.75) is 33.7 Å². The van der Waals surface area contributed by atoms with Crippen molar-refractivity contribution in [2.24, 2.45) is 12.0 Å². The summed E-state index contributed by atoms with van der Waals surface area (Å²) >= 11 is 1.76. The second-order valence-electron chi connectivity index (χ2n) is 4.91. The van der Waals surface area contributed by atoms with Crippen LogP contribution in [-0.4, -0.2) is 38.8 Å². The van der Waals surface area contributed by atoms with Crippen molar-refractivity contribution in [1.82, 2.24) is 30.4 Å². The first-order valence-electron chi connectivity index (χ1n) is 7.38. The number of halogens is 1. The quantitative estimate of drug-likeness (QED) is 0.400. The molecule has 0 aliphatic heterocycles. The van der Waals surface area contributed by atoms with Gasteiger partial charge in [0, 0.05) is 31.4 Å². The Kier molecular flexibility index (Phi) is 8.45. The lowest BCUT2D eigenvalue weighted by molar-refractivity contribution is 0.697. The van der Waals surface area contributed by atoms with Crippen LogP contribution in [0, 0.1) is 13.8 Å². The Balaban J connectivity index is 0.00000264. The standard InChI is InChI=1S/C14H23N7S.HI/c1-5-15-14(17-8-13-18-9-19-21(13)4)16-7-6-12-10(2)20-11(3)22-12;/h9H,5-8H2,1-4H3,(H2,15,16,17);1H. The van der Waals surface area contributed by atoms with E-state index >= 15 is 0 Å². The van der Waals surface area contributed by atoms with Gasteiger partial charge in [-0.15, -0.1) is 35.3 Å². The van der Waals surface area contributed by atoms with Gasteiger partial charge in [-0.2, -0.15) is 5.10 Å². The summed E-state index contributed by atoms with van der Waals surface area (Å²) < 4.78 is 1.73. The van der Waals surface area contributed by atoms with E-state index in [2.05, 4.69) is 44.5 Å². The van der Waals surface area contributed by atoms with Crippen molar-refractivity contribution in [3.8, 4) is 0 Å². The van der Waals surface area contributed by atoms with Crippen molar-refractivity contribution in [3.05, 3.63) is 27.7 Å². The molecule has 7 nitrogen and oxygen atoms in total. The topological polar surface area (TPSA) is 80.0 Å². The summed E-state index contributed by atoms with van der Waals surface area (Å²) in [5, 5.41) is 11.8. The summed E-state index contributed by atoms with van der Waals surface area (Å²) in [5.74, 6) is 1.63. The molecular weight excluding hydrogens is 425 g/mol. The van der Waals surface area contributed by atoms with Gasteiger partial charge in [0.2, 0.25) is 0 Å². The van der Waals surface area contributed by atoms with Crippen LogP contribution in [0.3, 0.4) is 0 Å². The number of hydrogen-bond donors (Lipinski definition) is 2. The number of aliphatic imine (C=N–C) groups is 1. The van der Waals surface area contributed by atoms with Crippen LogP contribution in [0.4, 0.5) is 0 Å². The average Bonchev–Trinajstić information content (AvgIpc) is 3.02. The monoisotopic (exact) mass is 449 g/mol. The zero-order valence-corrected chi connectivity index (χ0v) is 17.1. The molecule has 2 aromatic heterocycles. The van der Waals surface area contributed by atoms with Crippen LogP contribution in [0.15, 0.2) is 11.3 Å². The van der Waals surface area contributed by atoms with Crippen LogP contribution in [0.25, 0.3) is 0 Å². The molecule has 0 spiro atoms. The maximum absolute atomic E-state index is 4.53. The fraction of sp³-hybridized carbons (Fsp3) is 0.571. The molecule has 2 aromatic rings. The minimum atomic E-state index is 0. The second-order valence-corrected chi connectivity index (χ2v) is 6.20. The molecule has 0 amide bonds. The van der Waals surface area contributed by atoms with Crippen LogP contribution in [-0.2, 0) is 20.0 Å². The molecule has 2 rings (SSSR count). The summed E-state index contributed by atoms with van der Waals surface area (Å²) in [6.45, 7) is 8.31. The third kappa shape index (κ3) is 6.05. The first kappa shape index (κ1) is 19.8. The van der Waals surface area contributed by atoms with Gasteiger partial charge in [0.15, 0.2) is 5.96 Å². The van der Waals surface area contributed by atoms with Gasteiger partial charge in [0.25, 0.3) is 0 Å². The van der Waals surface area contributed by atoms with Gasteiger partial charge in [-0.25, -0.2) is 15.0 Å². The average molecular weight is 449 g/mol. The number of aryl methyl sites for hydroxylation is 3. The van der Waals surface area contributed by atoms with Crippen molar-refractivity contribution in [3.63, 3.8) is 0 Å². The first-order chi connectivity index (χ1) is 10.6. The van der Waals surface area contributed by atoms with E-state index in [1.165, 1.54) is 4.88 Å². The minimum Gasteiger partial charge on any atom is -0.357 e. The van der Waals surface area contributed by atoms with Gasteiger partial charge in [0.1, 0.15) is 18.7 Å². The predicted molar refractivity (Wildman–Crippen MR) is 105 cm³/mol. The Labute approximate surface area is 158 Å². The maximum Gasteiger partial charge on any atom is 0.191 e. The highest BCUT2D eigenvalue weighted by Crippen LogP contribution is 2.16. The maximum atomic E-state index is 4.53. The zero-order chi connectivity index (χ0) is 15.9. The largest absolute Gasteiger partial charge is 0.357 e. The Bertz CT molecular complexity index is 635. The molecule has 0 bridgehead atoms. The molecule has 0 aromatic carbocycles. The highest BCUT2D eigenvalue weighted by molar-refractivity contribution is 14.0. The van der Waals surface area contributed by atoms with Crippen LogP contribution in [0.1, 0.15) is 28.3 Å². The van der Waals surface area contributed by atoms with Gasteiger partial charge in [0.05, 0.1) is 10.7 Å². The van der Waals surface area contributed by atoms with E-state index in [1.54, 1.807) is 22.3 Å². The van der Waals surface area contributed by atoms with Gasteiger partial charge in [-0.3, -0.25) is 4.68 Å². The fourth-order valence-electron chi connectivity index (χ4n) is 2.05. The number of hydrogen-bond acceptors (Lipinski definition) is 5. The molecule has 0 atom stereocenters. The molecule has 0 aliphatic carbocycles. The lowest BCUT2D eigenvalue weighted by Crippen LogP contribution is -2.38. The zero-order valence-electron chi connectivity index (χ0n) is 14.0. The van der Waals surface area contributed by atoms with Gasteiger partial charge >= 0.3 is 0 Å². The lowest BCUT2D eigenvalue weighted by Gasteiger charge is -2.10. The van der Waals surface area contributed by atoms with E-state index in [-0.39, 0.29) is 24.0 Å². The summed E-state index contributed by atoms with van der Waals surface area (Å²) in [7, 11) is 1.87. The van der Waals surface area contributed by atoms with Gasteiger partial charge < -0.3 is 10.6 Å². The molecule has 2 N–H and O–H groups in total. The van der Waals surface area contributed by atoms with E-state index in [0.717, 1.165) is 42.0 Å². The lowest BCUT2D eigenvalue weighted by atomic mass is 10.3. The Morgan fingerprint density at radius 3 is 2.70 bits per heavy atom. The molecular formula is C14H24IN7S. The minimum absolute atomic E-state index is 0. The fourth-order valence-corrected chi connectivity index (χ4v) is 2.99. The Morgan fingerprint density at radius 1 is 1.35 bits per heavy atom. The molecule has 0 aliphatic rings. The SMILES string of the molecule is CCNC(=NCc1ncnn1C)NCCc1sc(C)nc1C.I. The molecule has 23 heavy (non-hydrogen) atoms. The Morgan fingerprint density at radius 2 is 2.13 bits per heavy atom. The molecule has 0 unspecified atom stereocenters. The number of guanidine groups is 1. The number of thiazole rings is 1. The summed E-state index contributed by atoms with van der Waals surface area (Å²) in [6.07, 6.45) is 2.49. The number of rotatable bonds is 6. The molecule has 9 heteroatoms. The third-order valence-corrected chi connectivity index (χ3v) is 4.30. The van der Waals surface area contributed by atoms with E-state index < -0.39 is 0 Å². The van der Waals surface area contributed by atoms with Crippen molar-refractivity contribution >= 4 is 41.3 Å². The number of nitrogens with one attached hydrogen (secondary N) is 2. The predicted octanol–water partition coefficient (Wildman–Crippen LogP) is 1.80. The van der Waals surface area contributed by atoms with Crippen LogP contribution in [0.2, 0.25) is 0 Å². The van der Waals surface area contributed by atoms with E-state index in [0.29, 0.717) is 6.54 Å². The van der Waals surface area contributed by atoms with Crippen molar-refractivity contribution < 1.29 is 0 Å². The smallest absolute Gasteiger partial charge is 0.191 e. The summed E-state index contributed by atoms with van der Waals surface area (Å²) in [6, 6.07) is 0. The van der Waals surface area contributed by atoms with Crippen LogP contribution in [0.5, 0.6) is 0 Å². The first-order valence-corrected chi connectivity index (χ1v) is 8.19. The normalized spacial score (nSPS) is 11.2. The molecule has 0 saturated heterocycles. The number of aromatic nitrogens is 4. The van der Waals surface area contributed by atoms with Crippen LogP contribution < -0.4 is 10.6 Å². The summed E-state index contributed by atoms with van der Waals surface area (Å²) in [5.41, 5.74) is 1.13. The van der Waals surface area contributed by atoms with E-state index in [1.807, 2.05) is 14.0 Å². The van der Waals surface area contributed by atoms with Crippen molar-refractivity contribution in [2.75, 3.05) is 13.1 Å². The third-order valence-electron chi connectivity index (χ3n) is 3.17. The second kappa shape index (κ2) is 9.81. The van der Waals surface area contributed by atoms with E-state index in [9.17, 15) is 0 Å². The summed E-state index contributed by atoms with van der Waals surface area (Å²) in [4.78, 5) is 14.5. The number of nitrogens with zero attached hydrogens (tertiary/aromatic N) is 5. The molecule has 0 saturated carbocycles. The highest BCUT2D eigenvalue weighted by atomic mass is 127. The Hall–Kier alpha value is -1.23. The van der Waals surface area contributed by atoms with Gasteiger partial charge in [-0.05, 0) is 20.8 Å². The van der Waals surface area contributed by atoms with Crippen LogP contribution >= 0.6 is 35.3 Å². The molecule has 0 fully saturated rings. The van der Waals surface area contributed by atoms with E-state index in [4.69, 9.17) is 0 Å². The highest BCUT2D eigenvalue weighted by Gasteiger charge is 2.05. The van der Waals surface area contributed by atoms with Gasteiger partial charge in [-0.1, -0.05) is 0 Å². The molecule has 0 radical (unpaired) electrons. The molecule has 2 heterocycles. The van der Waals surface area contributed by atoms with Crippen molar-refractivity contribution in [1.29, 1.82) is 0 Å². The molecule has 128 valence electrons.